The summed E-state index contributed by atoms with van der Waals surface area (Å²) in [5, 5.41) is 12.5. The van der Waals surface area contributed by atoms with E-state index >= 15 is 0 Å². The van der Waals surface area contributed by atoms with Crippen LogP contribution in [0, 0.1) is 7.14 Å². The Balaban J connectivity index is 2.88. The van der Waals surface area contributed by atoms with Crippen LogP contribution in [0.5, 0.6) is 0 Å². The third-order valence-electron chi connectivity index (χ3n) is 1.89. The first-order valence-electron chi connectivity index (χ1n) is 3.69. The molecule has 0 radical (unpaired) electrons. The van der Waals surface area contributed by atoms with Crippen LogP contribution in [0.1, 0.15) is 5.56 Å². The summed E-state index contributed by atoms with van der Waals surface area (Å²) in [6.45, 7) is 0.125. The van der Waals surface area contributed by atoms with Gasteiger partial charge < -0.3 is 5.11 Å². The Morgan fingerprint density at radius 2 is 2.00 bits per heavy atom. The lowest BCUT2D eigenvalue weighted by Crippen LogP contribution is -1.85. The number of hydrogen-bond donors (Lipinski definition) is 1. The molecule has 0 saturated carbocycles. The molecule has 0 fully saturated rings. The zero-order valence-electron chi connectivity index (χ0n) is 6.55. The second kappa shape index (κ2) is 4.00. The van der Waals surface area contributed by atoms with E-state index in [2.05, 4.69) is 56.6 Å². The van der Waals surface area contributed by atoms with Gasteiger partial charge in [-0.1, -0.05) is 6.07 Å². The molecule has 0 atom stereocenters. The standard InChI is InChI=1S/C9H6I2OS/c10-6-2-1-5(3-12)8-7(11)4-13-9(6)8/h1-2,4,12H,3H2. The van der Waals surface area contributed by atoms with Crippen molar-refractivity contribution >= 4 is 66.6 Å². The molecule has 68 valence electrons. The van der Waals surface area contributed by atoms with E-state index in [0.29, 0.717) is 0 Å². The van der Waals surface area contributed by atoms with Crippen molar-refractivity contribution in [3.8, 4) is 0 Å². The molecule has 1 heterocycles. The van der Waals surface area contributed by atoms with Crippen molar-refractivity contribution in [2.24, 2.45) is 0 Å². The SMILES string of the molecule is OCc1ccc(I)c2scc(I)c12. The van der Waals surface area contributed by atoms with Gasteiger partial charge in [-0.25, -0.2) is 0 Å². The van der Waals surface area contributed by atoms with Crippen LogP contribution in [-0.4, -0.2) is 5.11 Å². The molecule has 1 nitrogen and oxygen atoms in total. The molecule has 0 unspecified atom stereocenters. The number of rotatable bonds is 1. The predicted octanol–water partition coefficient (Wildman–Crippen LogP) is 3.60. The van der Waals surface area contributed by atoms with Crippen LogP contribution in [-0.2, 0) is 6.61 Å². The molecule has 0 saturated heterocycles. The highest BCUT2D eigenvalue weighted by atomic mass is 127. The van der Waals surface area contributed by atoms with E-state index in [0.717, 1.165) is 5.56 Å². The lowest BCUT2D eigenvalue weighted by Gasteiger charge is -2.01. The smallest absolute Gasteiger partial charge is 0.0688 e. The van der Waals surface area contributed by atoms with Gasteiger partial charge in [-0.15, -0.1) is 11.3 Å². The summed E-state index contributed by atoms with van der Waals surface area (Å²) in [4.78, 5) is 0. The first-order valence-corrected chi connectivity index (χ1v) is 6.72. The average molecular weight is 416 g/mol. The van der Waals surface area contributed by atoms with Gasteiger partial charge in [0.1, 0.15) is 0 Å². The molecule has 2 rings (SSSR count). The van der Waals surface area contributed by atoms with E-state index in [-0.39, 0.29) is 6.61 Å². The van der Waals surface area contributed by atoms with Gasteiger partial charge in [-0.3, -0.25) is 0 Å². The molecule has 1 N–H and O–H groups in total. The highest BCUT2D eigenvalue weighted by molar-refractivity contribution is 14.1. The summed E-state index contributed by atoms with van der Waals surface area (Å²) < 4.78 is 3.79. The molecule has 1 aromatic carbocycles. The largest absolute Gasteiger partial charge is 0.392 e. The van der Waals surface area contributed by atoms with Crippen molar-refractivity contribution in [3.05, 3.63) is 30.2 Å². The number of aliphatic hydroxyl groups is 1. The maximum Gasteiger partial charge on any atom is 0.0688 e. The summed E-state index contributed by atoms with van der Waals surface area (Å²) in [5.74, 6) is 0. The second-order valence-corrected chi connectivity index (χ2v) is 5.86. The van der Waals surface area contributed by atoms with E-state index in [1.807, 2.05) is 6.07 Å². The van der Waals surface area contributed by atoms with Gasteiger partial charge in [0.2, 0.25) is 0 Å². The Morgan fingerprint density at radius 3 is 2.69 bits per heavy atom. The molecule has 0 spiro atoms. The quantitative estimate of drug-likeness (QED) is 0.705. The van der Waals surface area contributed by atoms with Crippen LogP contribution in [0.3, 0.4) is 0 Å². The lowest BCUT2D eigenvalue weighted by atomic mass is 10.1. The monoisotopic (exact) mass is 416 g/mol. The summed E-state index contributed by atoms with van der Waals surface area (Å²) in [6.07, 6.45) is 0. The third kappa shape index (κ3) is 1.73. The zero-order valence-corrected chi connectivity index (χ0v) is 11.7. The van der Waals surface area contributed by atoms with E-state index in [1.54, 1.807) is 11.3 Å². The maximum atomic E-state index is 9.17. The van der Waals surface area contributed by atoms with Crippen LogP contribution in [0.4, 0.5) is 0 Å². The van der Waals surface area contributed by atoms with Crippen LogP contribution < -0.4 is 0 Å². The fourth-order valence-corrected chi connectivity index (χ4v) is 4.17. The van der Waals surface area contributed by atoms with Gasteiger partial charge in [-0.2, -0.15) is 0 Å². The van der Waals surface area contributed by atoms with Gasteiger partial charge in [-0.05, 0) is 56.8 Å². The van der Waals surface area contributed by atoms with E-state index in [9.17, 15) is 0 Å². The van der Waals surface area contributed by atoms with Gasteiger partial charge in [0.05, 0.1) is 6.61 Å². The molecule has 4 heteroatoms. The van der Waals surface area contributed by atoms with E-state index in [1.165, 1.54) is 17.2 Å². The first-order chi connectivity index (χ1) is 6.24. The molecule has 0 aliphatic heterocycles. The number of fused-ring (bicyclic) bond motifs is 1. The van der Waals surface area contributed by atoms with Gasteiger partial charge in [0.25, 0.3) is 0 Å². The number of aliphatic hydroxyl groups excluding tert-OH is 1. The first kappa shape index (κ1) is 10.1. The van der Waals surface area contributed by atoms with Crippen LogP contribution in [0.25, 0.3) is 10.1 Å². The van der Waals surface area contributed by atoms with Crippen molar-refractivity contribution in [2.45, 2.75) is 6.61 Å². The number of benzene rings is 1. The lowest BCUT2D eigenvalue weighted by molar-refractivity contribution is 0.283. The minimum atomic E-state index is 0.125. The Bertz CT molecular complexity index is 450. The van der Waals surface area contributed by atoms with Crippen molar-refractivity contribution < 1.29 is 5.11 Å². The summed E-state index contributed by atoms with van der Waals surface area (Å²) in [6, 6.07) is 4.06. The summed E-state index contributed by atoms with van der Waals surface area (Å²) in [5.41, 5.74) is 1.03. The van der Waals surface area contributed by atoms with Gasteiger partial charge in [0, 0.05) is 22.6 Å². The number of halogens is 2. The van der Waals surface area contributed by atoms with Crippen molar-refractivity contribution in [1.29, 1.82) is 0 Å². The van der Waals surface area contributed by atoms with Crippen molar-refractivity contribution in [1.82, 2.24) is 0 Å². The topological polar surface area (TPSA) is 20.2 Å². The Kier molecular flexibility index (Phi) is 3.11. The summed E-state index contributed by atoms with van der Waals surface area (Å²) in [7, 11) is 0. The normalized spacial score (nSPS) is 11.0. The number of thiophene rings is 1. The van der Waals surface area contributed by atoms with Gasteiger partial charge in [0.15, 0.2) is 0 Å². The molecule has 0 aliphatic rings. The van der Waals surface area contributed by atoms with E-state index < -0.39 is 0 Å². The van der Waals surface area contributed by atoms with Crippen molar-refractivity contribution in [2.75, 3.05) is 0 Å². The molecule has 13 heavy (non-hydrogen) atoms. The fourth-order valence-electron chi connectivity index (χ4n) is 1.28. The molecule has 0 bridgehead atoms. The molecule has 1 aromatic heterocycles. The zero-order chi connectivity index (χ0) is 9.42. The minimum Gasteiger partial charge on any atom is -0.392 e. The van der Waals surface area contributed by atoms with Crippen LogP contribution in [0.2, 0.25) is 0 Å². The average Bonchev–Trinajstić information content (AvgIpc) is 2.51. The maximum absolute atomic E-state index is 9.17. The summed E-state index contributed by atoms with van der Waals surface area (Å²) >= 11 is 6.39. The third-order valence-corrected chi connectivity index (χ3v) is 5.44. The van der Waals surface area contributed by atoms with Crippen LogP contribution >= 0.6 is 56.5 Å². The van der Waals surface area contributed by atoms with E-state index in [4.69, 9.17) is 5.11 Å². The Morgan fingerprint density at radius 1 is 1.23 bits per heavy atom. The van der Waals surface area contributed by atoms with Gasteiger partial charge >= 0.3 is 0 Å². The highest BCUT2D eigenvalue weighted by Crippen LogP contribution is 2.33. The fraction of sp³-hybridized carbons (Fsp3) is 0.111. The molecular weight excluding hydrogens is 410 g/mol. The van der Waals surface area contributed by atoms with Crippen LogP contribution in [0.15, 0.2) is 17.5 Å². The molecular formula is C9H6I2OS. The molecule has 2 aromatic rings. The highest BCUT2D eigenvalue weighted by Gasteiger charge is 2.08. The van der Waals surface area contributed by atoms with Crippen molar-refractivity contribution in [3.63, 3.8) is 0 Å². The minimum absolute atomic E-state index is 0.125. The molecule has 0 amide bonds. The Labute approximate surface area is 107 Å². The Hall–Kier alpha value is 0.600. The predicted molar refractivity (Wildman–Crippen MR) is 73.2 cm³/mol. The number of hydrogen-bond acceptors (Lipinski definition) is 2. The second-order valence-electron chi connectivity index (χ2n) is 2.65. The molecule has 0 aliphatic carbocycles.